The molecule has 3 rings (SSSR count). The fourth-order valence-electron chi connectivity index (χ4n) is 2.89. The summed E-state index contributed by atoms with van der Waals surface area (Å²) in [5.41, 5.74) is -1.37. The molecule has 10 heteroatoms. The van der Waals surface area contributed by atoms with Crippen molar-refractivity contribution in [2.45, 2.75) is 13.1 Å². The van der Waals surface area contributed by atoms with E-state index in [1.54, 1.807) is 11.0 Å². The van der Waals surface area contributed by atoms with Gasteiger partial charge in [-0.1, -0.05) is 12.1 Å². The molecule has 1 aliphatic rings. The second-order valence-corrected chi connectivity index (χ2v) is 6.27. The smallest absolute Gasteiger partial charge is 0.352 e. The van der Waals surface area contributed by atoms with Crippen molar-refractivity contribution in [1.29, 1.82) is 0 Å². The lowest BCUT2D eigenvalue weighted by atomic mass is 10.1. The third-order valence-corrected chi connectivity index (χ3v) is 4.41. The van der Waals surface area contributed by atoms with E-state index in [-0.39, 0.29) is 17.3 Å². The molecule has 2 heterocycles. The van der Waals surface area contributed by atoms with Gasteiger partial charge in [-0.15, -0.1) is 10.2 Å². The maximum atomic E-state index is 13.0. The fourth-order valence-corrected chi connectivity index (χ4v) is 2.89. The van der Waals surface area contributed by atoms with Gasteiger partial charge in [-0.2, -0.15) is 13.2 Å². The molecule has 1 aromatic carbocycles. The van der Waals surface area contributed by atoms with E-state index < -0.39 is 17.6 Å². The third kappa shape index (κ3) is 4.38. The van der Waals surface area contributed by atoms with E-state index in [1.165, 1.54) is 31.2 Å². The molecule has 7 nitrogen and oxygen atoms in total. The van der Waals surface area contributed by atoms with E-state index in [1.807, 2.05) is 4.90 Å². The summed E-state index contributed by atoms with van der Waals surface area (Å²) in [6.45, 7) is 3.80. The van der Waals surface area contributed by atoms with Gasteiger partial charge < -0.3 is 15.1 Å². The highest BCUT2D eigenvalue weighted by atomic mass is 19.4. The van der Waals surface area contributed by atoms with Crippen LogP contribution in [0.4, 0.5) is 24.7 Å². The van der Waals surface area contributed by atoms with Gasteiger partial charge in [-0.05, 0) is 24.3 Å². The number of para-hydroxylation sites is 1. The van der Waals surface area contributed by atoms with Gasteiger partial charge in [-0.25, -0.2) is 0 Å². The van der Waals surface area contributed by atoms with Crippen LogP contribution in [0.3, 0.4) is 0 Å². The molecule has 1 saturated heterocycles. The lowest BCUT2D eigenvalue weighted by Crippen LogP contribution is -2.48. The number of piperazine rings is 1. The maximum absolute atomic E-state index is 13.0. The first-order valence-electron chi connectivity index (χ1n) is 8.57. The maximum Gasteiger partial charge on any atom is 0.418 e. The van der Waals surface area contributed by atoms with Crippen LogP contribution in [0.2, 0.25) is 0 Å². The van der Waals surface area contributed by atoms with E-state index in [0.717, 1.165) is 6.07 Å². The van der Waals surface area contributed by atoms with Crippen LogP contribution in [0.5, 0.6) is 0 Å². The van der Waals surface area contributed by atoms with Crippen LogP contribution in [0.15, 0.2) is 36.4 Å². The van der Waals surface area contributed by atoms with Crippen LogP contribution in [0, 0.1) is 0 Å². The fraction of sp³-hybridized carbons (Fsp3) is 0.333. The summed E-state index contributed by atoms with van der Waals surface area (Å²) in [6, 6.07) is 7.72. The second kappa shape index (κ2) is 7.83. The average molecular weight is 393 g/mol. The van der Waals surface area contributed by atoms with Gasteiger partial charge in [0, 0.05) is 33.1 Å². The molecule has 148 valence electrons. The molecule has 1 N–H and O–H groups in total. The standard InChI is InChI=1S/C18H18F3N5O2/c1-12(27)25-8-10-26(11-9-25)16-7-6-15(23-24-16)17(28)22-14-5-3-2-4-13(14)18(19,20)21/h2-7H,8-11H2,1H3,(H,22,28). The monoisotopic (exact) mass is 393 g/mol. The molecule has 0 unspecified atom stereocenters. The molecule has 1 aliphatic heterocycles. The van der Waals surface area contributed by atoms with Crippen molar-refractivity contribution in [3.63, 3.8) is 0 Å². The number of hydrogen-bond donors (Lipinski definition) is 1. The summed E-state index contributed by atoms with van der Waals surface area (Å²) < 4.78 is 39.1. The number of rotatable bonds is 3. The van der Waals surface area contributed by atoms with Crippen LogP contribution in [0.25, 0.3) is 0 Å². The van der Waals surface area contributed by atoms with Crippen LogP contribution in [-0.4, -0.2) is 53.1 Å². The second-order valence-electron chi connectivity index (χ2n) is 6.27. The molecule has 1 aromatic heterocycles. The summed E-state index contributed by atoms with van der Waals surface area (Å²) >= 11 is 0. The largest absolute Gasteiger partial charge is 0.418 e. The number of nitrogens with zero attached hydrogens (tertiary/aromatic N) is 4. The molecule has 2 aromatic rings. The Labute approximate surface area is 159 Å². The Balaban J connectivity index is 1.68. The number of halogens is 3. The Kier molecular flexibility index (Phi) is 5.48. The van der Waals surface area contributed by atoms with Crippen molar-refractivity contribution < 1.29 is 22.8 Å². The summed E-state index contributed by atoms with van der Waals surface area (Å²) in [6.07, 6.45) is -4.58. The zero-order valence-electron chi connectivity index (χ0n) is 15.0. The molecular formula is C18H18F3N5O2. The molecular weight excluding hydrogens is 375 g/mol. The quantitative estimate of drug-likeness (QED) is 0.867. The molecule has 0 atom stereocenters. The molecule has 0 aliphatic carbocycles. The van der Waals surface area contributed by atoms with Crippen LogP contribution >= 0.6 is 0 Å². The number of amides is 2. The van der Waals surface area contributed by atoms with E-state index in [0.29, 0.717) is 32.0 Å². The van der Waals surface area contributed by atoms with Gasteiger partial charge in [-0.3, -0.25) is 9.59 Å². The molecule has 0 saturated carbocycles. The topological polar surface area (TPSA) is 78.4 Å². The van der Waals surface area contributed by atoms with Crippen molar-refractivity contribution in [3.8, 4) is 0 Å². The van der Waals surface area contributed by atoms with Crippen LogP contribution < -0.4 is 10.2 Å². The van der Waals surface area contributed by atoms with Gasteiger partial charge in [0.25, 0.3) is 5.91 Å². The molecule has 2 amide bonds. The number of anilines is 2. The van der Waals surface area contributed by atoms with Crippen molar-refractivity contribution >= 4 is 23.3 Å². The highest BCUT2D eigenvalue weighted by Crippen LogP contribution is 2.34. The average Bonchev–Trinajstić information content (AvgIpc) is 2.68. The summed E-state index contributed by atoms with van der Waals surface area (Å²) in [5.74, 6) is -0.232. The predicted molar refractivity (Wildman–Crippen MR) is 95.9 cm³/mol. The molecule has 1 fully saturated rings. The Morgan fingerprint density at radius 3 is 2.25 bits per heavy atom. The first-order valence-corrected chi connectivity index (χ1v) is 8.57. The minimum atomic E-state index is -4.58. The Bertz CT molecular complexity index is 862. The lowest BCUT2D eigenvalue weighted by molar-refractivity contribution is -0.137. The van der Waals surface area contributed by atoms with Crippen molar-refractivity contribution in [3.05, 3.63) is 47.7 Å². The Hall–Kier alpha value is -3.17. The molecule has 28 heavy (non-hydrogen) atoms. The molecule has 0 spiro atoms. The zero-order chi connectivity index (χ0) is 20.3. The number of benzene rings is 1. The van der Waals surface area contributed by atoms with Gasteiger partial charge >= 0.3 is 6.18 Å². The predicted octanol–water partition coefficient (Wildman–Crippen LogP) is 2.42. The highest BCUT2D eigenvalue weighted by Gasteiger charge is 2.33. The Morgan fingerprint density at radius 1 is 1.00 bits per heavy atom. The van der Waals surface area contributed by atoms with E-state index in [2.05, 4.69) is 15.5 Å². The SMILES string of the molecule is CC(=O)N1CCN(c2ccc(C(=O)Nc3ccccc3C(F)(F)F)nn2)CC1. The van der Waals surface area contributed by atoms with Gasteiger partial charge in [0.15, 0.2) is 11.5 Å². The summed E-state index contributed by atoms with van der Waals surface area (Å²) in [4.78, 5) is 27.3. The summed E-state index contributed by atoms with van der Waals surface area (Å²) in [7, 11) is 0. The number of nitrogens with one attached hydrogen (secondary N) is 1. The number of carbonyl (C=O) groups is 2. The van der Waals surface area contributed by atoms with E-state index >= 15 is 0 Å². The number of aromatic nitrogens is 2. The van der Waals surface area contributed by atoms with E-state index in [9.17, 15) is 22.8 Å². The number of alkyl halides is 3. The number of hydrogen-bond acceptors (Lipinski definition) is 5. The molecule has 0 radical (unpaired) electrons. The summed E-state index contributed by atoms with van der Waals surface area (Å²) in [5, 5.41) is 10.1. The van der Waals surface area contributed by atoms with Crippen molar-refractivity contribution in [1.82, 2.24) is 15.1 Å². The minimum Gasteiger partial charge on any atom is -0.352 e. The van der Waals surface area contributed by atoms with Crippen LogP contribution in [0.1, 0.15) is 23.0 Å². The van der Waals surface area contributed by atoms with Crippen molar-refractivity contribution in [2.75, 3.05) is 36.4 Å². The van der Waals surface area contributed by atoms with Gasteiger partial charge in [0.1, 0.15) is 0 Å². The Morgan fingerprint density at radius 2 is 1.68 bits per heavy atom. The van der Waals surface area contributed by atoms with E-state index in [4.69, 9.17) is 0 Å². The third-order valence-electron chi connectivity index (χ3n) is 4.41. The molecule has 0 bridgehead atoms. The van der Waals surface area contributed by atoms with Gasteiger partial charge in [0.2, 0.25) is 5.91 Å². The first kappa shape index (κ1) is 19.6. The minimum absolute atomic E-state index is 0.0110. The highest BCUT2D eigenvalue weighted by molar-refractivity contribution is 6.03. The lowest BCUT2D eigenvalue weighted by Gasteiger charge is -2.34. The van der Waals surface area contributed by atoms with Gasteiger partial charge in [0.05, 0.1) is 11.3 Å². The van der Waals surface area contributed by atoms with Crippen molar-refractivity contribution in [2.24, 2.45) is 0 Å². The normalized spacial score (nSPS) is 14.7. The number of carbonyl (C=O) groups excluding carboxylic acids is 2. The zero-order valence-corrected chi connectivity index (χ0v) is 15.0. The van der Waals surface area contributed by atoms with Crippen LogP contribution in [-0.2, 0) is 11.0 Å². The first-order chi connectivity index (χ1) is 13.3.